The third-order valence-electron chi connectivity index (χ3n) is 4.39. The Bertz CT molecular complexity index is 742. The minimum Gasteiger partial charge on any atom is -0.497 e. The largest absolute Gasteiger partial charge is 0.497 e. The first kappa shape index (κ1) is 17.6. The molecule has 1 amide bonds. The van der Waals surface area contributed by atoms with Gasteiger partial charge in [-0.3, -0.25) is 4.79 Å². The monoisotopic (exact) mass is 361 g/mol. The van der Waals surface area contributed by atoms with Crippen molar-refractivity contribution in [1.29, 1.82) is 0 Å². The molecule has 0 saturated heterocycles. The maximum atomic E-state index is 13.1. The molecule has 1 aliphatic heterocycles. The summed E-state index contributed by atoms with van der Waals surface area (Å²) in [5, 5.41) is 8.71. The smallest absolute Gasteiger partial charge is 0.238 e. The Labute approximate surface area is 151 Å². The van der Waals surface area contributed by atoms with E-state index in [2.05, 4.69) is 15.6 Å². The molecule has 1 aliphatic rings. The number of methoxy groups -OCH3 is 1. The zero-order chi connectivity index (χ0) is 18.0. The van der Waals surface area contributed by atoms with Gasteiger partial charge in [0.1, 0.15) is 16.8 Å². The van der Waals surface area contributed by atoms with E-state index in [1.54, 1.807) is 7.11 Å². The minimum atomic E-state index is -0.301. The normalized spacial score (nSPS) is 19.0. The van der Waals surface area contributed by atoms with Crippen LogP contribution in [-0.4, -0.2) is 51.1 Å². The van der Waals surface area contributed by atoms with Crippen molar-refractivity contribution < 1.29 is 9.53 Å². The average Bonchev–Trinajstić information content (AvgIpc) is 3.02. The number of thioether (sulfide) groups is 1. The van der Waals surface area contributed by atoms with Crippen LogP contribution in [0, 0.1) is 6.92 Å². The lowest BCUT2D eigenvalue weighted by Gasteiger charge is -2.35. The highest BCUT2D eigenvalue weighted by atomic mass is 32.2. The first-order valence-corrected chi connectivity index (χ1v) is 9.25. The van der Waals surface area contributed by atoms with Gasteiger partial charge >= 0.3 is 0 Å². The van der Waals surface area contributed by atoms with Gasteiger partial charge in [0.05, 0.1) is 13.2 Å². The molecule has 2 heterocycles. The molecule has 0 bridgehead atoms. The number of ether oxygens (including phenoxy) is 1. The molecule has 1 aromatic heterocycles. The lowest BCUT2D eigenvalue weighted by Crippen LogP contribution is -2.46. The highest BCUT2D eigenvalue weighted by molar-refractivity contribution is 8.00. The van der Waals surface area contributed by atoms with Crippen molar-refractivity contribution in [3.05, 3.63) is 35.7 Å². The van der Waals surface area contributed by atoms with Gasteiger partial charge in [0.25, 0.3) is 0 Å². The number of nitrogens with one attached hydrogen (secondary N) is 1. The van der Waals surface area contributed by atoms with Crippen molar-refractivity contribution >= 4 is 17.7 Å². The van der Waals surface area contributed by atoms with Gasteiger partial charge in [-0.1, -0.05) is 23.9 Å². The number of hydrogen-bond donors (Lipinski definition) is 1. The highest BCUT2D eigenvalue weighted by Gasteiger charge is 2.38. The number of aryl methyl sites for hydroxylation is 1. The molecule has 2 atom stereocenters. The fourth-order valence-electron chi connectivity index (χ4n) is 2.93. The Morgan fingerprint density at radius 3 is 2.56 bits per heavy atom. The van der Waals surface area contributed by atoms with Gasteiger partial charge in [0.15, 0.2) is 0 Å². The second-order valence-electron chi connectivity index (χ2n) is 5.79. The molecule has 25 heavy (non-hydrogen) atoms. The van der Waals surface area contributed by atoms with Crippen LogP contribution in [0.5, 0.6) is 5.75 Å². The molecule has 3 rings (SSSR count). The summed E-state index contributed by atoms with van der Waals surface area (Å²) in [6, 6.07) is 7.63. The van der Waals surface area contributed by atoms with Crippen molar-refractivity contribution in [2.45, 2.75) is 37.2 Å². The molecule has 0 fully saturated rings. The van der Waals surface area contributed by atoms with Crippen molar-refractivity contribution in [3.63, 3.8) is 0 Å². The van der Waals surface area contributed by atoms with Gasteiger partial charge < -0.3 is 15.1 Å². The molecule has 0 unspecified atom stereocenters. The first-order chi connectivity index (χ1) is 12.1. The standard InChI is InChI=1S/C17H23N5O2S/c1-5-21(6-2)16(23)15-14(12-7-9-13(24-4)10-8-12)20-22-11(3)18-19-17(22)25-15/h7-10,14-15,20H,5-6H2,1-4H3/t14-,15-/m0/s1. The summed E-state index contributed by atoms with van der Waals surface area (Å²) >= 11 is 1.46. The number of fused-ring (bicyclic) bond motifs is 1. The van der Waals surface area contributed by atoms with E-state index in [1.165, 1.54) is 11.8 Å². The van der Waals surface area contributed by atoms with Gasteiger partial charge in [0, 0.05) is 13.1 Å². The maximum Gasteiger partial charge on any atom is 0.238 e. The van der Waals surface area contributed by atoms with Crippen LogP contribution in [0.1, 0.15) is 31.3 Å². The van der Waals surface area contributed by atoms with E-state index in [0.717, 1.165) is 17.1 Å². The van der Waals surface area contributed by atoms with E-state index in [1.807, 2.05) is 54.6 Å². The molecule has 1 N–H and O–H groups in total. The number of aromatic nitrogens is 3. The van der Waals surface area contributed by atoms with Crippen molar-refractivity contribution in [3.8, 4) is 5.75 Å². The molecular weight excluding hydrogens is 338 g/mol. The fraction of sp³-hybridized carbons (Fsp3) is 0.471. The molecule has 1 aromatic carbocycles. The van der Waals surface area contributed by atoms with Crippen LogP contribution in [0.3, 0.4) is 0 Å². The summed E-state index contributed by atoms with van der Waals surface area (Å²) in [5.41, 5.74) is 4.44. The highest BCUT2D eigenvalue weighted by Crippen LogP contribution is 2.38. The van der Waals surface area contributed by atoms with Gasteiger partial charge in [0.2, 0.25) is 11.1 Å². The average molecular weight is 361 g/mol. The maximum absolute atomic E-state index is 13.1. The summed E-state index contributed by atoms with van der Waals surface area (Å²) < 4.78 is 7.09. The molecule has 8 heteroatoms. The Balaban J connectivity index is 1.97. The summed E-state index contributed by atoms with van der Waals surface area (Å²) in [6.45, 7) is 7.26. The van der Waals surface area contributed by atoms with E-state index in [-0.39, 0.29) is 17.2 Å². The number of carbonyl (C=O) groups excluding carboxylic acids is 1. The van der Waals surface area contributed by atoms with Crippen LogP contribution in [-0.2, 0) is 4.79 Å². The Morgan fingerprint density at radius 1 is 1.28 bits per heavy atom. The van der Waals surface area contributed by atoms with Crippen LogP contribution in [0.2, 0.25) is 0 Å². The van der Waals surface area contributed by atoms with Crippen molar-refractivity contribution in [2.24, 2.45) is 0 Å². The van der Waals surface area contributed by atoms with Crippen LogP contribution in [0.15, 0.2) is 29.4 Å². The van der Waals surface area contributed by atoms with Gasteiger partial charge in [-0.15, -0.1) is 10.2 Å². The summed E-state index contributed by atoms with van der Waals surface area (Å²) in [7, 11) is 1.64. The summed E-state index contributed by atoms with van der Waals surface area (Å²) in [5.74, 6) is 1.67. The van der Waals surface area contributed by atoms with Crippen LogP contribution in [0.4, 0.5) is 0 Å². The van der Waals surface area contributed by atoms with Gasteiger partial charge in [-0.25, -0.2) is 4.68 Å². The molecule has 0 radical (unpaired) electrons. The molecular formula is C17H23N5O2S. The number of amides is 1. The number of hydrogen-bond acceptors (Lipinski definition) is 6. The van der Waals surface area contributed by atoms with Gasteiger partial charge in [-0.2, -0.15) is 0 Å². The lowest BCUT2D eigenvalue weighted by molar-refractivity contribution is -0.130. The van der Waals surface area contributed by atoms with E-state index >= 15 is 0 Å². The SMILES string of the molecule is CCN(CC)C(=O)[C@H]1Sc2nnc(C)n2N[C@H]1c1ccc(OC)cc1. The third kappa shape index (κ3) is 3.30. The summed E-state index contributed by atoms with van der Waals surface area (Å²) in [6.07, 6.45) is 0. The Hall–Kier alpha value is -2.22. The topological polar surface area (TPSA) is 72.3 Å². The van der Waals surface area contributed by atoms with E-state index in [4.69, 9.17) is 4.74 Å². The Kier molecular flexibility index (Phi) is 5.17. The zero-order valence-electron chi connectivity index (χ0n) is 14.9. The predicted molar refractivity (Wildman–Crippen MR) is 97.4 cm³/mol. The second kappa shape index (κ2) is 7.35. The number of carbonyl (C=O) groups is 1. The number of nitrogens with zero attached hydrogens (tertiary/aromatic N) is 4. The molecule has 134 valence electrons. The lowest BCUT2D eigenvalue weighted by atomic mass is 10.0. The molecule has 7 nitrogen and oxygen atoms in total. The molecule has 2 aromatic rings. The summed E-state index contributed by atoms with van der Waals surface area (Å²) in [4.78, 5) is 14.9. The van der Waals surface area contributed by atoms with E-state index in [9.17, 15) is 4.79 Å². The molecule has 0 saturated carbocycles. The van der Waals surface area contributed by atoms with Crippen LogP contribution < -0.4 is 10.2 Å². The zero-order valence-corrected chi connectivity index (χ0v) is 15.7. The quantitative estimate of drug-likeness (QED) is 0.880. The second-order valence-corrected chi connectivity index (χ2v) is 6.90. The third-order valence-corrected chi connectivity index (χ3v) is 5.59. The number of benzene rings is 1. The van der Waals surface area contributed by atoms with Gasteiger partial charge in [-0.05, 0) is 38.5 Å². The van der Waals surface area contributed by atoms with Crippen LogP contribution in [0.25, 0.3) is 0 Å². The first-order valence-electron chi connectivity index (χ1n) is 8.37. The van der Waals surface area contributed by atoms with Crippen LogP contribution >= 0.6 is 11.8 Å². The predicted octanol–water partition coefficient (Wildman–Crippen LogP) is 2.22. The fourth-order valence-corrected chi connectivity index (χ4v) is 4.13. The van der Waals surface area contributed by atoms with E-state index in [0.29, 0.717) is 18.2 Å². The molecule has 0 aliphatic carbocycles. The minimum absolute atomic E-state index is 0.107. The van der Waals surface area contributed by atoms with Crippen molar-refractivity contribution in [2.75, 3.05) is 25.6 Å². The van der Waals surface area contributed by atoms with Crippen molar-refractivity contribution in [1.82, 2.24) is 19.8 Å². The number of rotatable bonds is 5. The van der Waals surface area contributed by atoms with E-state index < -0.39 is 0 Å². The molecule has 0 spiro atoms. The Morgan fingerprint density at radius 2 is 1.96 bits per heavy atom.